The Balaban J connectivity index is 0. The van der Waals surface area contributed by atoms with Crippen molar-refractivity contribution < 1.29 is 19.7 Å². The molecule has 66 valence electrons. The molecule has 1 unspecified atom stereocenters. The average molecular weight is 162 g/mol. The standard InChI is InChI=1S/C3H4O2.C3H6O.CH4O/c1-2-3(4)5;1-3-2-4-3;1-2/h2H,1H2,(H,4,5);3H,2H2,1H3;2H,1H3. The van der Waals surface area contributed by atoms with Crippen molar-refractivity contribution >= 4 is 5.97 Å². The third kappa shape index (κ3) is 27.2. The Bertz CT molecular complexity index is 107. The second-order valence-corrected chi connectivity index (χ2v) is 1.69. The Morgan fingerprint density at radius 2 is 1.91 bits per heavy atom. The maximum atomic E-state index is 9.25. The highest BCUT2D eigenvalue weighted by Gasteiger charge is 2.13. The molecule has 0 saturated carbocycles. The van der Waals surface area contributed by atoms with E-state index in [4.69, 9.17) is 14.9 Å². The molecule has 0 spiro atoms. The van der Waals surface area contributed by atoms with Crippen LogP contribution in [0.15, 0.2) is 12.7 Å². The van der Waals surface area contributed by atoms with Crippen molar-refractivity contribution in [1.82, 2.24) is 0 Å². The van der Waals surface area contributed by atoms with Crippen molar-refractivity contribution in [3.63, 3.8) is 0 Å². The molecule has 0 aromatic heterocycles. The minimum absolute atomic E-state index is 0.583. The predicted octanol–water partition coefficient (Wildman–Crippen LogP) is 0.271. The number of carboxylic acid groups (broad SMARTS) is 1. The minimum Gasteiger partial charge on any atom is -0.478 e. The first-order valence-electron chi connectivity index (χ1n) is 3.08. The van der Waals surface area contributed by atoms with Crippen molar-refractivity contribution in [3.8, 4) is 0 Å². The Hall–Kier alpha value is -0.870. The maximum Gasteiger partial charge on any atom is 0.327 e. The van der Waals surface area contributed by atoms with Gasteiger partial charge in [-0.25, -0.2) is 4.79 Å². The molecule has 1 saturated heterocycles. The normalized spacial score (nSPS) is 17.9. The highest BCUT2D eigenvalue weighted by atomic mass is 16.6. The molecule has 1 rings (SSSR count). The summed E-state index contributed by atoms with van der Waals surface area (Å²) >= 11 is 0. The van der Waals surface area contributed by atoms with Gasteiger partial charge in [-0.1, -0.05) is 6.58 Å². The van der Waals surface area contributed by atoms with Gasteiger partial charge < -0.3 is 14.9 Å². The molecular weight excluding hydrogens is 148 g/mol. The molecule has 1 aliphatic rings. The van der Waals surface area contributed by atoms with Crippen molar-refractivity contribution in [3.05, 3.63) is 12.7 Å². The SMILES string of the molecule is C=CC(=O)O.CC1CO1.CO. The summed E-state index contributed by atoms with van der Waals surface area (Å²) in [6, 6.07) is 0. The van der Waals surface area contributed by atoms with Crippen molar-refractivity contribution in [2.75, 3.05) is 13.7 Å². The zero-order chi connectivity index (χ0) is 9.28. The fraction of sp³-hybridized carbons (Fsp3) is 0.571. The van der Waals surface area contributed by atoms with Crippen LogP contribution in [0.1, 0.15) is 6.92 Å². The molecule has 1 atom stereocenters. The van der Waals surface area contributed by atoms with Crippen molar-refractivity contribution in [2.24, 2.45) is 0 Å². The summed E-state index contributed by atoms with van der Waals surface area (Å²) in [4.78, 5) is 9.25. The molecule has 11 heavy (non-hydrogen) atoms. The lowest BCUT2D eigenvalue weighted by Crippen LogP contribution is -1.82. The molecular formula is C7H14O4. The highest BCUT2D eigenvalue weighted by molar-refractivity contribution is 5.78. The van der Waals surface area contributed by atoms with Gasteiger partial charge in [-0.3, -0.25) is 0 Å². The summed E-state index contributed by atoms with van der Waals surface area (Å²) in [7, 11) is 1.00. The summed E-state index contributed by atoms with van der Waals surface area (Å²) in [5.74, 6) is -0.981. The van der Waals surface area contributed by atoms with E-state index in [1.165, 1.54) is 0 Å². The smallest absolute Gasteiger partial charge is 0.327 e. The number of rotatable bonds is 1. The molecule has 0 radical (unpaired) electrons. The van der Waals surface area contributed by atoms with E-state index in [9.17, 15) is 4.79 Å². The van der Waals surface area contributed by atoms with Gasteiger partial charge in [-0.2, -0.15) is 0 Å². The first-order chi connectivity index (χ1) is 5.16. The molecule has 1 fully saturated rings. The summed E-state index contributed by atoms with van der Waals surface area (Å²) < 4.78 is 4.71. The van der Waals surface area contributed by atoms with Gasteiger partial charge in [-0.15, -0.1) is 0 Å². The van der Waals surface area contributed by atoms with Crippen LogP contribution in [0.5, 0.6) is 0 Å². The molecule has 0 aromatic rings. The van der Waals surface area contributed by atoms with E-state index in [2.05, 4.69) is 13.5 Å². The largest absolute Gasteiger partial charge is 0.478 e. The van der Waals surface area contributed by atoms with Crippen LogP contribution < -0.4 is 0 Å². The summed E-state index contributed by atoms with van der Waals surface area (Å²) in [6.07, 6.45) is 1.42. The number of hydrogen-bond donors (Lipinski definition) is 2. The Morgan fingerprint density at radius 3 is 1.91 bits per heavy atom. The second kappa shape index (κ2) is 9.13. The molecule has 1 aliphatic heterocycles. The van der Waals surface area contributed by atoms with Gasteiger partial charge in [0.05, 0.1) is 12.7 Å². The van der Waals surface area contributed by atoms with E-state index in [0.717, 1.165) is 19.8 Å². The van der Waals surface area contributed by atoms with Gasteiger partial charge in [0.2, 0.25) is 0 Å². The van der Waals surface area contributed by atoms with Crippen LogP contribution in [0.25, 0.3) is 0 Å². The molecule has 0 aromatic carbocycles. The number of epoxide rings is 1. The summed E-state index contributed by atoms with van der Waals surface area (Å²) in [6.45, 7) is 6.00. The third-order valence-corrected chi connectivity index (χ3v) is 0.675. The quantitative estimate of drug-likeness (QED) is 0.429. The highest BCUT2D eigenvalue weighted by Crippen LogP contribution is 2.04. The number of hydrogen-bond acceptors (Lipinski definition) is 3. The van der Waals surface area contributed by atoms with E-state index in [0.29, 0.717) is 6.10 Å². The van der Waals surface area contributed by atoms with E-state index >= 15 is 0 Å². The van der Waals surface area contributed by atoms with Gasteiger partial charge >= 0.3 is 5.97 Å². The molecule has 2 N–H and O–H groups in total. The summed E-state index contributed by atoms with van der Waals surface area (Å²) in [5.41, 5.74) is 0. The number of aliphatic hydroxyl groups is 1. The maximum absolute atomic E-state index is 9.25. The fourth-order valence-electron chi connectivity index (χ4n) is 0.0962. The zero-order valence-corrected chi connectivity index (χ0v) is 6.78. The van der Waals surface area contributed by atoms with Crippen LogP contribution >= 0.6 is 0 Å². The van der Waals surface area contributed by atoms with E-state index < -0.39 is 5.97 Å². The first kappa shape index (κ1) is 12.8. The first-order valence-corrected chi connectivity index (χ1v) is 3.08. The molecule has 0 aliphatic carbocycles. The minimum atomic E-state index is -0.981. The third-order valence-electron chi connectivity index (χ3n) is 0.675. The van der Waals surface area contributed by atoms with Crippen molar-refractivity contribution in [1.29, 1.82) is 0 Å². The predicted molar refractivity (Wildman–Crippen MR) is 41.4 cm³/mol. The summed E-state index contributed by atoms with van der Waals surface area (Å²) in [5, 5.41) is 14.6. The topological polar surface area (TPSA) is 70.1 Å². The van der Waals surface area contributed by atoms with Crippen LogP contribution in [0, 0.1) is 0 Å². The second-order valence-electron chi connectivity index (χ2n) is 1.69. The number of ether oxygens (including phenoxy) is 1. The van der Waals surface area contributed by atoms with Crippen LogP contribution in [0.3, 0.4) is 0 Å². The Kier molecular flexibility index (Phi) is 10.6. The zero-order valence-electron chi connectivity index (χ0n) is 6.78. The van der Waals surface area contributed by atoms with Crippen LogP contribution in [-0.4, -0.2) is 36.0 Å². The van der Waals surface area contributed by atoms with E-state index in [-0.39, 0.29) is 0 Å². The average Bonchev–Trinajstić information content (AvgIpc) is 2.77. The lowest BCUT2D eigenvalue weighted by molar-refractivity contribution is -0.131. The number of aliphatic carboxylic acids is 1. The molecule has 1 heterocycles. The van der Waals surface area contributed by atoms with E-state index in [1.54, 1.807) is 0 Å². The van der Waals surface area contributed by atoms with E-state index in [1.807, 2.05) is 0 Å². The van der Waals surface area contributed by atoms with Crippen LogP contribution in [-0.2, 0) is 9.53 Å². The lowest BCUT2D eigenvalue weighted by Gasteiger charge is -1.64. The monoisotopic (exact) mass is 162 g/mol. The van der Waals surface area contributed by atoms with Gasteiger partial charge in [0.25, 0.3) is 0 Å². The number of carbonyl (C=O) groups is 1. The molecule has 0 amide bonds. The lowest BCUT2D eigenvalue weighted by atomic mass is 10.6. The molecule has 4 nitrogen and oxygen atoms in total. The van der Waals surface area contributed by atoms with Gasteiger partial charge in [0.15, 0.2) is 0 Å². The van der Waals surface area contributed by atoms with Crippen LogP contribution in [0.4, 0.5) is 0 Å². The number of aliphatic hydroxyl groups excluding tert-OH is 1. The van der Waals surface area contributed by atoms with Gasteiger partial charge in [-0.05, 0) is 6.92 Å². The molecule has 4 heteroatoms. The fourth-order valence-corrected chi connectivity index (χ4v) is 0.0962. The van der Waals surface area contributed by atoms with Gasteiger partial charge in [0.1, 0.15) is 0 Å². The van der Waals surface area contributed by atoms with Crippen LogP contribution in [0.2, 0.25) is 0 Å². The number of carboxylic acids is 1. The Labute approximate surface area is 66.1 Å². The molecule has 0 bridgehead atoms. The van der Waals surface area contributed by atoms with Gasteiger partial charge in [0, 0.05) is 13.2 Å². The Morgan fingerprint density at radius 1 is 1.73 bits per heavy atom. The van der Waals surface area contributed by atoms with Crippen molar-refractivity contribution in [2.45, 2.75) is 13.0 Å².